The molecule has 0 spiro atoms. The van der Waals surface area contributed by atoms with Crippen molar-refractivity contribution in [1.29, 1.82) is 0 Å². The smallest absolute Gasteiger partial charge is 0.261 e. The van der Waals surface area contributed by atoms with E-state index in [-0.39, 0.29) is 5.91 Å². The first kappa shape index (κ1) is 17.7. The molecule has 3 heterocycles. The number of likely N-dealkylation sites (tertiary alicyclic amines) is 1. The second-order valence-corrected chi connectivity index (χ2v) is 7.59. The number of carbonyl (C=O) groups excluding carboxylic acids is 1. The molecule has 0 atom stereocenters. The first-order valence-electron chi connectivity index (χ1n) is 9.41. The number of aryl methyl sites for hydroxylation is 1. The van der Waals surface area contributed by atoms with Gasteiger partial charge in [0.1, 0.15) is 11.4 Å². The normalized spacial score (nSPS) is 17.4. The summed E-state index contributed by atoms with van der Waals surface area (Å²) in [6.07, 6.45) is 3.80. The Balaban J connectivity index is 1.68. The van der Waals surface area contributed by atoms with Gasteiger partial charge in [0, 0.05) is 19.3 Å². The minimum absolute atomic E-state index is 0.187. The molecule has 1 fully saturated rings. The summed E-state index contributed by atoms with van der Waals surface area (Å²) < 4.78 is 0. The highest BCUT2D eigenvalue weighted by Gasteiger charge is 2.26. The van der Waals surface area contributed by atoms with Gasteiger partial charge in [-0.2, -0.15) is 4.98 Å². The zero-order chi connectivity index (χ0) is 19.1. The van der Waals surface area contributed by atoms with E-state index in [2.05, 4.69) is 39.4 Å². The van der Waals surface area contributed by atoms with E-state index in [1.165, 1.54) is 0 Å². The number of benzene rings is 1. The molecule has 0 bridgehead atoms. The van der Waals surface area contributed by atoms with Gasteiger partial charge in [0.2, 0.25) is 5.95 Å². The summed E-state index contributed by atoms with van der Waals surface area (Å²) in [6.45, 7) is 6.26. The standard InChI is InChI=1S/C20H26N6O/c1-12-5-6-16-17(13(12)2)23-18-15(19(27)22-16)11-21-20(24-18)26(4)14-7-9-25(3)10-8-14/h5-6,11,14H,7-10H2,1-4H3,(H,22,27)(H,21,23,24). The van der Waals surface area contributed by atoms with Gasteiger partial charge in [0.15, 0.2) is 0 Å². The van der Waals surface area contributed by atoms with E-state index >= 15 is 0 Å². The van der Waals surface area contributed by atoms with Crippen LogP contribution in [0.4, 0.5) is 23.1 Å². The molecule has 2 aliphatic heterocycles. The fraction of sp³-hybridized carbons (Fsp3) is 0.450. The summed E-state index contributed by atoms with van der Waals surface area (Å²) in [4.78, 5) is 26.3. The van der Waals surface area contributed by atoms with Gasteiger partial charge >= 0.3 is 0 Å². The predicted molar refractivity (Wildman–Crippen MR) is 108 cm³/mol. The van der Waals surface area contributed by atoms with E-state index in [0.29, 0.717) is 23.4 Å². The zero-order valence-corrected chi connectivity index (χ0v) is 16.3. The topological polar surface area (TPSA) is 73.4 Å². The van der Waals surface area contributed by atoms with Crippen molar-refractivity contribution in [3.63, 3.8) is 0 Å². The molecular formula is C20H26N6O. The van der Waals surface area contributed by atoms with Crippen molar-refractivity contribution in [2.45, 2.75) is 32.7 Å². The van der Waals surface area contributed by atoms with Crippen LogP contribution in [0.15, 0.2) is 18.3 Å². The molecule has 27 heavy (non-hydrogen) atoms. The summed E-state index contributed by atoms with van der Waals surface area (Å²) in [6, 6.07) is 4.35. The van der Waals surface area contributed by atoms with E-state index in [4.69, 9.17) is 4.98 Å². The number of amides is 1. The maximum atomic E-state index is 12.6. The third kappa shape index (κ3) is 3.23. The first-order chi connectivity index (χ1) is 12.9. The number of aromatic nitrogens is 2. The Morgan fingerprint density at radius 3 is 2.67 bits per heavy atom. The fourth-order valence-corrected chi connectivity index (χ4v) is 3.74. The van der Waals surface area contributed by atoms with Crippen LogP contribution in [0.3, 0.4) is 0 Å². The van der Waals surface area contributed by atoms with Gasteiger partial charge in [0.05, 0.1) is 11.4 Å². The minimum atomic E-state index is -0.187. The van der Waals surface area contributed by atoms with Crippen molar-refractivity contribution in [3.05, 3.63) is 35.0 Å². The van der Waals surface area contributed by atoms with E-state index in [1.807, 2.05) is 26.1 Å². The number of fused-ring (bicyclic) bond motifs is 2. The number of piperidine rings is 1. The Kier molecular flexibility index (Phi) is 4.47. The lowest BCUT2D eigenvalue weighted by molar-refractivity contribution is 0.102. The molecule has 0 radical (unpaired) electrons. The quantitative estimate of drug-likeness (QED) is 0.851. The summed E-state index contributed by atoms with van der Waals surface area (Å²) in [7, 11) is 4.19. The SMILES string of the molecule is Cc1ccc2c(c1C)Nc1nc(N(C)C3CCN(C)CC3)ncc1C(=O)N2. The Morgan fingerprint density at radius 2 is 1.93 bits per heavy atom. The maximum Gasteiger partial charge on any atom is 0.261 e. The van der Waals surface area contributed by atoms with Crippen LogP contribution in [0.1, 0.15) is 34.3 Å². The molecular weight excluding hydrogens is 340 g/mol. The molecule has 2 N–H and O–H groups in total. The van der Waals surface area contributed by atoms with Crippen molar-refractivity contribution in [3.8, 4) is 0 Å². The summed E-state index contributed by atoms with van der Waals surface area (Å²) in [5.74, 6) is 1.02. The first-order valence-corrected chi connectivity index (χ1v) is 9.41. The summed E-state index contributed by atoms with van der Waals surface area (Å²) >= 11 is 0. The monoisotopic (exact) mass is 366 g/mol. The number of nitrogens with zero attached hydrogens (tertiary/aromatic N) is 4. The van der Waals surface area contributed by atoms with E-state index in [1.54, 1.807) is 6.20 Å². The fourth-order valence-electron chi connectivity index (χ4n) is 3.74. The second kappa shape index (κ2) is 6.81. The number of hydrogen-bond donors (Lipinski definition) is 2. The van der Waals surface area contributed by atoms with Crippen LogP contribution in [0.5, 0.6) is 0 Å². The van der Waals surface area contributed by atoms with Gasteiger partial charge in [-0.05, 0) is 64.0 Å². The summed E-state index contributed by atoms with van der Waals surface area (Å²) in [5.41, 5.74) is 4.39. The Morgan fingerprint density at radius 1 is 1.19 bits per heavy atom. The lowest BCUT2D eigenvalue weighted by Crippen LogP contribution is -2.42. The highest BCUT2D eigenvalue weighted by molar-refractivity contribution is 6.11. The van der Waals surface area contributed by atoms with E-state index in [9.17, 15) is 4.79 Å². The number of anilines is 4. The van der Waals surface area contributed by atoms with Crippen LogP contribution in [0.25, 0.3) is 0 Å². The van der Waals surface area contributed by atoms with Crippen LogP contribution in [0, 0.1) is 13.8 Å². The van der Waals surface area contributed by atoms with Gasteiger partial charge in [-0.1, -0.05) is 6.07 Å². The van der Waals surface area contributed by atoms with E-state index in [0.717, 1.165) is 48.4 Å². The van der Waals surface area contributed by atoms with Crippen molar-refractivity contribution >= 4 is 29.0 Å². The Bertz CT molecular complexity index is 888. The van der Waals surface area contributed by atoms with Crippen molar-refractivity contribution in [1.82, 2.24) is 14.9 Å². The van der Waals surface area contributed by atoms with Crippen LogP contribution in [-0.2, 0) is 0 Å². The lowest BCUT2D eigenvalue weighted by atomic mass is 10.0. The van der Waals surface area contributed by atoms with Gasteiger partial charge < -0.3 is 20.4 Å². The van der Waals surface area contributed by atoms with Crippen LogP contribution >= 0.6 is 0 Å². The van der Waals surface area contributed by atoms with Gasteiger partial charge in [0.25, 0.3) is 5.91 Å². The van der Waals surface area contributed by atoms with Gasteiger partial charge in [-0.3, -0.25) is 4.79 Å². The Hall–Kier alpha value is -2.67. The van der Waals surface area contributed by atoms with Crippen molar-refractivity contribution in [2.24, 2.45) is 0 Å². The third-order valence-corrected chi connectivity index (χ3v) is 5.80. The molecule has 2 aliphatic rings. The average molecular weight is 366 g/mol. The number of nitrogens with one attached hydrogen (secondary N) is 2. The number of hydrogen-bond acceptors (Lipinski definition) is 6. The van der Waals surface area contributed by atoms with Crippen molar-refractivity contribution in [2.75, 3.05) is 42.7 Å². The minimum Gasteiger partial charge on any atom is -0.341 e. The predicted octanol–water partition coefficient (Wildman–Crippen LogP) is 2.93. The molecule has 1 aromatic carbocycles. The number of rotatable bonds is 2. The van der Waals surface area contributed by atoms with Gasteiger partial charge in [-0.15, -0.1) is 0 Å². The molecule has 1 amide bonds. The molecule has 0 aliphatic carbocycles. The lowest BCUT2D eigenvalue weighted by Gasteiger charge is -2.35. The molecule has 142 valence electrons. The van der Waals surface area contributed by atoms with Crippen LogP contribution in [-0.4, -0.2) is 54.0 Å². The molecule has 0 unspecified atom stereocenters. The molecule has 2 aromatic rings. The summed E-state index contributed by atoms with van der Waals surface area (Å²) in [5, 5.41) is 6.34. The zero-order valence-electron chi connectivity index (χ0n) is 16.3. The van der Waals surface area contributed by atoms with Crippen LogP contribution in [0.2, 0.25) is 0 Å². The van der Waals surface area contributed by atoms with E-state index < -0.39 is 0 Å². The molecule has 7 heteroatoms. The molecule has 1 aromatic heterocycles. The number of carbonyl (C=O) groups is 1. The second-order valence-electron chi connectivity index (χ2n) is 7.59. The average Bonchev–Trinajstić information content (AvgIpc) is 2.81. The van der Waals surface area contributed by atoms with Crippen molar-refractivity contribution < 1.29 is 4.79 Å². The molecule has 1 saturated heterocycles. The Labute approximate surface area is 159 Å². The highest BCUT2D eigenvalue weighted by atomic mass is 16.1. The van der Waals surface area contributed by atoms with Gasteiger partial charge in [-0.25, -0.2) is 4.98 Å². The largest absolute Gasteiger partial charge is 0.341 e. The maximum absolute atomic E-state index is 12.6. The molecule has 0 saturated carbocycles. The molecule has 7 nitrogen and oxygen atoms in total. The third-order valence-electron chi connectivity index (χ3n) is 5.80. The van der Waals surface area contributed by atoms with Crippen LogP contribution < -0.4 is 15.5 Å². The molecule has 4 rings (SSSR count). The highest BCUT2D eigenvalue weighted by Crippen LogP contribution is 2.35.